The van der Waals surface area contributed by atoms with Gasteiger partial charge in [-0.2, -0.15) is 0 Å². The van der Waals surface area contributed by atoms with E-state index < -0.39 is 0 Å². The van der Waals surface area contributed by atoms with Gasteiger partial charge in [0.05, 0.1) is 22.9 Å². The van der Waals surface area contributed by atoms with Crippen LogP contribution in [-0.2, 0) is 0 Å². The van der Waals surface area contributed by atoms with Gasteiger partial charge in [-0.3, -0.25) is 4.98 Å². The van der Waals surface area contributed by atoms with Gasteiger partial charge in [0.1, 0.15) is 0 Å². The number of benzene rings is 1. The number of fused-ring (bicyclic) bond motifs is 2. The standard InChI is InChI=1S/C16H12N4O/c1-10-4-5-13-11(7-10)8-12(9-18-13)20-15-14(19-16(20)21)3-2-6-17-15/h2-9H,1H3,(H,19,21). The van der Waals surface area contributed by atoms with Gasteiger partial charge in [-0.25, -0.2) is 14.3 Å². The molecule has 4 aromatic rings. The van der Waals surface area contributed by atoms with Crippen LogP contribution in [0.1, 0.15) is 5.56 Å². The summed E-state index contributed by atoms with van der Waals surface area (Å²) in [5, 5.41) is 1.00. The predicted octanol–water partition coefficient (Wildman–Crippen LogP) is 2.57. The minimum Gasteiger partial charge on any atom is -0.304 e. The van der Waals surface area contributed by atoms with E-state index in [0.29, 0.717) is 16.9 Å². The van der Waals surface area contributed by atoms with Crippen LogP contribution in [0.4, 0.5) is 0 Å². The number of nitrogens with zero attached hydrogens (tertiary/aromatic N) is 3. The number of nitrogens with one attached hydrogen (secondary N) is 1. The first-order valence-corrected chi connectivity index (χ1v) is 6.65. The smallest absolute Gasteiger partial charge is 0.304 e. The summed E-state index contributed by atoms with van der Waals surface area (Å²) in [6.45, 7) is 2.03. The van der Waals surface area contributed by atoms with Gasteiger partial charge in [0.2, 0.25) is 0 Å². The molecular formula is C16H12N4O. The molecular weight excluding hydrogens is 264 g/mol. The first-order chi connectivity index (χ1) is 10.2. The van der Waals surface area contributed by atoms with E-state index in [-0.39, 0.29) is 5.69 Å². The molecule has 0 amide bonds. The minimum atomic E-state index is -0.211. The Labute approximate surface area is 119 Å². The molecule has 0 saturated heterocycles. The molecule has 0 radical (unpaired) electrons. The molecule has 0 bridgehead atoms. The highest BCUT2D eigenvalue weighted by Crippen LogP contribution is 2.18. The average Bonchev–Trinajstić information content (AvgIpc) is 2.82. The zero-order valence-corrected chi connectivity index (χ0v) is 11.4. The monoisotopic (exact) mass is 276 g/mol. The number of hydrogen-bond acceptors (Lipinski definition) is 3. The molecule has 0 spiro atoms. The van der Waals surface area contributed by atoms with Crippen molar-refractivity contribution in [1.29, 1.82) is 0 Å². The maximum atomic E-state index is 12.2. The molecule has 0 aliphatic carbocycles. The van der Waals surface area contributed by atoms with Gasteiger partial charge in [0, 0.05) is 11.6 Å². The third-order valence-electron chi connectivity index (χ3n) is 3.52. The normalized spacial score (nSPS) is 11.3. The van der Waals surface area contributed by atoms with Crippen molar-refractivity contribution in [3.8, 4) is 5.69 Å². The van der Waals surface area contributed by atoms with Gasteiger partial charge < -0.3 is 4.98 Å². The van der Waals surface area contributed by atoms with Crippen molar-refractivity contribution in [2.45, 2.75) is 6.92 Å². The number of hydrogen-bond donors (Lipinski definition) is 1. The molecule has 0 aliphatic heterocycles. The second-order valence-corrected chi connectivity index (χ2v) is 5.03. The third-order valence-corrected chi connectivity index (χ3v) is 3.52. The summed E-state index contributed by atoms with van der Waals surface area (Å²) in [5.41, 5.74) is 3.89. The summed E-state index contributed by atoms with van der Waals surface area (Å²) < 4.78 is 1.55. The van der Waals surface area contributed by atoms with Crippen LogP contribution in [0.5, 0.6) is 0 Å². The minimum absolute atomic E-state index is 0.211. The third kappa shape index (κ3) is 1.82. The quantitative estimate of drug-likeness (QED) is 0.581. The van der Waals surface area contributed by atoms with Crippen molar-refractivity contribution < 1.29 is 0 Å². The Morgan fingerprint density at radius 2 is 2.05 bits per heavy atom. The van der Waals surface area contributed by atoms with Crippen LogP contribution < -0.4 is 5.69 Å². The molecule has 0 unspecified atom stereocenters. The van der Waals surface area contributed by atoms with Crippen molar-refractivity contribution in [2.75, 3.05) is 0 Å². The molecule has 1 N–H and O–H groups in total. The lowest BCUT2D eigenvalue weighted by atomic mass is 10.1. The molecule has 0 fully saturated rings. The van der Waals surface area contributed by atoms with Crippen LogP contribution in [-0.4, -0.2) is 19.5 Å². The fourth-order valence-corrected chi connectivity index (χ4v) is 2.54. The van der Waals surface area contributed by atoms with E-state index in [1.54, 1.807) is 23.0 Å². The average molecular weight is 276 g/mol. The Balaban J connectivity index is 2.04. The maximum absolute atomic E-state index is 12.2. The molecule has 21 heavy (non-hydrogen) atoms. The highest BCUT2D eigenvalue weighted by Gasteiger charge is 2.10. The second-order valence-electron chi connectivity index (χ2n) is 5.03. The van der Waals surface area contributed by atoms with Gasteiger partial charge in [0.15, 0.2) is 5.65 Å². The molecule has 1 aromatic carbocycles. The lowest BCUT2D eigenvalue weighted by Crippen LogP contribution is -2.15. The molecule has 102 valence electrons. The molecule has 3 aromatic heterocycles. The Morgan fingerprint density at radius 1 is 1.14 bits per heavy atom. The van der Waals surface area contributed by atoms with Gasteiger partial charge in [-0.15, -0.1) is 0 Å². The number of rotatable bonds is 1. The first-order valence-electron chi connectivity index (χ1n) is 6.65. The van der Waals surface area contributed by atoms with Crippen LogP contribution in [0.3, 0.4) is 0 Å². The molecule has 5 nitrogen and oxygen atoms in total. The van der Waals surface area contributed by atoms with Crippen LogP contribution in [0.25, 0.3) is 27.8 Å². The summed E-state index contributed by atoms with van der Waals surface area (Å²) in [6.07, 6.45) is 3.37. The lowest BCUT2D eigenvalue weighted by molar-refractivity contribution is 0.994. The van der Waals surface area contributed by atoms with Crippen LogP contribution >= 0.6 is 0 Å². The zero-order chi connectivity index (χ0) is 14.4. The number of aromatic amines is 1. The number of aromatic nitrogens is 4. The summed E-state index contributed by atoms with van der Waals surface area (Å²) in [7, 11) is 0. The second kappa shape index (κ2) is 4.28. The van der Waals surface area contributed by atoms with Crippen molar-refractivity contribution >= 4 is 22.1 Å². The van der Waals surface area contributed by atoms with Crippen LogP contribution in [0, 0.1) is 6.92 Å². The summed E-state index contributed by atoms with van der Waals surface area (Å²) in [5.74, 6) is 0. The number of aryl methyl sites for hydroxylation is 1. The SMILES string of the molecule is Cc1ccc2ncc(-n3c(=O)[nH]c4cccnc43)cc2c1. The largest absolute Gasteiger partial charge is 0.332 e. The summed E-state index contributed by atoms with van der Waals surface area (Å²) in [6, 6.07) is 11.6. The molecule has 5 heteroatoms. The highest BCUT2D eigenvalue weighted by atomic mass is 16.1. The van der Waals surface area contributed by atoms with Gasteiger partial charge in [-0.1, -0.05) is 11.6 Å². The van der Waals surface area contributed by atoms with E-state index in [9.17, 15) is 4.79 Å². The Kier molecular flexibility index (Phi) is 2.41. The number of imidazole rings is 1. The van der Waals surface area contributed by atoms with E-state index in [1.807, 2.05) is 31.2 Å². The van der Waals surface area contributed by atoms with Gasteiger partial charge in [0.25, 0.3) is 0 Å². The van der Waals surface area contributed by atoms with Crippen molar-refractivity contribution in [3.63, 3.8) is 0 Å². The molecule has 0 atom stereocenters. The fraction of sp³-hybridized carbons (Fsp3) is 0.0625. The summed E-state index contributed by atoms with van der Waals surface area (Å²) >= 11 is 0. The highest BCUT2D eigenvalue weighted by molar-refractivity contribution is 5.82. The number of pyridine rings is 2. The number of H-pyrrole nitrogens is 1. The molecule has 0 saturated carbocycles. The Morgan fingerprint density at radius 3 is 2.95 bits per heavy atom. The topological polar surface area (TPSA) is 63.6 Å². The first kappa shape index (κ1) is 11.8. The van der Waals surface area contributed by atoms with E-state index in [2.05, 4.69) is 21.0 Å². The van der Waals surface area contributed by atoms with Gasteiger partial charge >= 0.3 is 5.69 Å². The Hall–Kier alpha value is -2.95. The lowest BCUT2D eigenvalue weighted by Gasteiger charge is -2.05. The zero-order valence-electron chi connectivity index (χ0n) is 11.4. The van der Waals surface area contributed by atoms with E-state index >= 15 is 0 Å². The Bertz CT molecular complexity index is 1030. The van der Waals surface area contributed by atoms with Crippen LogP contribution in [0.15, 0.2) is 53.6 Å². The van der Waals surface area contributed by atoms with E-state index in [4.69, 9.17) is 0 Å². The molecule has 0 aliphatic rings. The van der Waals surface area contributed by atoms with Crippen molar-refractivity contribution in [2.24, 2.45) is 0 Å². The van der Waals surface area contributed by atoms with E-state index in [1.165, 1.54) is 0 Å². The van der Waals surface area contributed by atoms with E-state index in [0.717, 1.165) is 16.5 Å². The van der Waals surface area contributed by atoms with Crippen LogP contribution in [0.2, 0.25) is 0 Å². The maximum Gasteiger partial charge on any atom is 0.332 e. The fourth-order valence-electron chi connectivity index (χ4n) is 2.54. The van der Waals surface area contributed by atoms with Crippen molar-refractivity contribution in [3.05, 3.63) is 64.8 Å². The van der Waals surface area contributed by atoms with Crippen molar-refractivity contribution in [1.82, 2.24) is 19.5 Å². The predicted molar refractivity (Wildman–Crippen MR) is 81.7 cm³/mol. The van der Waals surface area contributed by atoms with Gasteiger partial charge in [-0.05, 0) is 37.3 Å². The molecule has 4 rings (SSSR count). The summed E-state index contributed by atoms with van der Waals surface area (Å²) in [4.78, 5) is 23.7. The molecule has 3 heterocycles.